The standard InChI is InChI=1S/C28H32N2O5/c1-2-30(12-11-26(31)32)27(33)18-13-17-15-25(23(17)14-18)29-28(34)35-16-24-21-9-5-3-7-19(21)20-8-4-6-10-22(20)24/h3-10,17-18,23-25H,2,11-16H2,1H3,(H,29,34)(H,31,32). The van der Waals surface area contributed by atoms with E-state index < -0.39 is 12.1 Å². The lowest BCUT2D eigenvalue weighted by atomic mass is 9.71. The van der Waals surface area contributed by atoms with Crippen molar-refractivity contribution in [3.63, 3.8) is 0 Å². The Morgan fingerprint density at radius 1 is 1.00 bits per heavy atom. The van der Waals surface area contributed by atoms with Crippen LogP contribution >= 0.6 is 0 Å². The van der Waals surface area contributed by atoms with Gasteiger partial charge in [0.05, 0.1) is 6.42 Å². The molecular formula is C28H32N2O5. The number of alkyl carbamates (subject to hydrolysis) is 1. The van der Waals surface area contributed by atoms with Crippen molar-refractivity contribution in [2.24, 2.45) is 17.8 Å². The smallest absolute Gasteiger partial charge is 0.407 e. The Balaban J connectivity index is 1.14. The molecule has 2 fully saturated rings. The third-order valence-corrected chi connectivity index (χ3v) is 8.11. The summed E-state index contributed by atoms with van der Waals surface area (Å²) in [5, 5.41) is 12.0. The van der Waals surface area contributed by atoms with Gasteiger partial charge in [-0.1, -0.05) is 48.5 Å². The molecule has 35 heavy (non-hydrogen) atoms. The van der Waals surface area contributed by atoms with Crippen LogP contribution in [0, 0.1) is 17.8 Å². The lowest BCUT2D eigenvalue weighted by molar-refractivity contribution is -0.139. The largest absolute Gasteiger partial charge is 0.481 e. The highest BCUT2D eigenvalue weighted by atomic mass is 16.5. The molecule has 2 aromatic rings. The van der Waals surface area contributed by atoms with Gasteiger partial charge in [0.25, 0.3) is 0 Å². The van der Waals surface area contributed by atoms with Crippen LogP contribution in [-0.2, 0) is 14.3 Å². The first-order valence-corrected chi connectivity index (χ1v) is 12.6. The van der Waals surface area contributed by atoms with Crippen molar-refractivity contribution in [1.29, 1.82) is 0 Å². The number of aliphatic carboxylic acids is 1. The number of nitrogens with zero attached hydrogens (tertiary/aromatic N) is 1. The lowest BCUT2D eigenvalue weighted by Crippen LogP contribution is -2.50. The van der Waals surface area contributed by atoms with Crippen LogP contribution in [0.15, 0.2) is 48.5 Å². The van der Waals surface area contributed by atoms with E-state index in [0.29, 0.717) is 12.5 Å². The lowest BCUT2D eigenvalue weighted by Gasteiger charge is -2.40. The number of fused-ring (bicyclic) bond motifs is 4. The summed E-state index contributed by atoms with van der Waals surface area (Å²) in [7, 11) is 0. The Bertz CT molecular complexity index is 1090. The summed E-state index contributed by atoms with van der Waals surface area (Å²) in [4.78, 5) is 38.1. The van der Waals surface area contributed by atoms with E-state index in [1.165, 1.54) is 22.3 Å². The van der Waals surface area contributed by atoms with Gasteiger partial charge in [0.15, 0.2) is 0 Å². The number of benzene rings is 2. The highest BCUT2D eigenvalue weighted by molar-refractivity contribution is 5.80. The van der Waals surface area contributed by atoms with Gasteiger partial charge in [0, 0.05) is 31.0 Å². The van der Waals surface area contributed by atoms with Crippen LogP contribution in [0.2, 0.25) is 0 Å². The molecule has 0 aromatic heterocycles. The van der Waals surface area contributed by atoms with Gasteiger partial charge in [-0.2, -0.15) is 0 Å². The van der Waals surface area contributed by atoms with Gasteiger partial charge in [-0.15, -0.1) is 0 Å². The number of carbonyl (C=O) groups excluding carboxylic acids is 2. The third-order valence-electron chi connectivity index (χ3n) is 8.11. The zero-order chi connectivity index (χ0) is 24.5. The highest BCUT2D eigenvalue weighted by Gasteiger charge is 2.50. The van der Waals surface area contributed by atoms with Crippen LogP contribution in [0.4, 0.5) is 4.79 Å². The van der Waals surface area contributed by atoms with Crippen molar-refractivity contribution in [3.8, 4) is 11.1 Å². The molecule has 2 N–H and O–H groups in total. The van der Waals surface area contributed by atoms with Crippen LogP contribution in [0.25, 0.3) is 11.1 Å². The number of rotatable bonds is 8. The van der Waals surface area contributed by atoms with E-state index in [1.807, 2.05) is 31.2 Å². The molecule has 7 nitrogen and oxygen atoms in total. The van der Waals surface area contributed by atoms with E-state index in [0.717, 1.165) is 19.3 Å². The number of carboxylic acids is 1. The van der Waals surface area contributed by atoms with Gasteiger partial charge in [0.1, 0.15) is 6.61 Å². The molecule has 3 aliphatic carbocycles. The minimum Gasteiger partial charge on any atom is -0.481 e. The molecule has 184 valence electrons. The fourth-order valence-electron chi connectivity index (χ4n) is 6.30. The van der Waals surface area contributed by atoms with Crippen molar-refractivity contribution in [1.82, 2.24) is 10.2 Å². The zero-order valence-corrected chi connectivity index (χ0v) is 20.0. The number of ether oxygens (including phenoxy) is 1. The van der Waals surface area contributed by atoms with Crippen LogP contribution in [0.3, 0.4) is 0 Å². The second-order valence-electron chi connectivity index (χ2n) is 9.97. The van der Waals surface area contributed by atoms with Crippen LogP contribution in [-0.4, -0.2) is 53.7 Å². The molecule has 0 aliphatic heterocycles. The molecule has 3 aliphatic rings. The summed E-state index contributed by atoms with van der Waals surface area (Å²) >= 11 is 0. The number of hydrogen-bond acceptors (Lipinski definition) is 4. The molecule has 0 radical (unpaired) electrons. The summed E-state index contributed by atoms with van der Waals surface area (Å²) in [5.74, 6) is -0.198. The Labute approximate surface area is 205 Å². The van der Waals surface area contributed by atoms with E-state index in [1.54, 1.807) is 4.90 Å². The zero-order valence-electron chi connectivity index (χ0n) is 20.0. The molecule has 2 saturated carbocycles. The summed E-state index contributed by atoms with van der Waals surface area (Å²) in [6.45, 7) is 2.93. The van der Waals surface area contributed by atoms with Gasteiger partial charge < -0.3 is 20.1 Å². The molecule has 7 heteroatoms. The molecule has 0 saturated heterocycles. The topological polar surface area (TPSA) is 95.9 Å². The van der Waals surface area contributed by atoms with E-state index in [4.69, 9.17) is 9.84 Å². The van der Waals surface area contributed by atoms with Gasteiger partial charge in [-0.05, 0) is 60.3 Å². The third kappa shape index (κ3) is 4.51. The van der Waals surface area contributed by atoms with Crippen molar-refractivity contribution in [2.75, 3.05) is 19.7 Å². The second-order valence-corrected chi connectivity index (χ2v) is 9.97. The van der Waals surface area contributed by atoms with Gasteiger partial charge in [-0.3, -0.25) is 9.59 Å². The maximum atomic E-state index is 12.9. The minimum atomic E-state index is -0.893. The maximum absolute atomic E-state index is 12.9. The minimum absolute atomic E-state index is 0.0293. The van der Waals surface area contributed by atoms with E-state index >= 15 is 0 Å². The van der Waals surface area contributed by atoms with Gasteiger partial charge in [-0.25, -0.2) is 4.79 Å². The summed E-state index contributed by atoms with van der Waals surface area (Å²) in [6, 6.07) is 16.6. The molecule has 4 unspecified atom stereocenters. The first-order chi connectivity index (χ1) is 17.0. The van der Waals surface area contributed by atoms with E-state index in [2.05, 4.69) is 29.6 Å². The fourth-order valence-corrected chi connectivity index (χ4v) is 6.30. The summed E-state index contributed by atoms with van der Waals surface area (Å²) in [5.41, 5.74) is 4.77. The molecule has 0 heterocycles. The van der Waals surface area contributed by atoms with Crippen molar-refractivity contribution in [3.05, 3.63) is 59.7 Å². The molecule has 5 rings (SSSR count). The van der Waals surface area contributed by atoms with Crippen molar-refractivity contribution in [2.45, 2.75) is 44.6 Å². The maximum Gasteiger partial charge on any atom is 0.407 e. The normalized spacial score (nSPS) is 24.0. The SMILES string of the molecule is CCN(CCC(=O)O)C(=O)C1CC2CC(NC(=O)OCC3c4ccccc4-c4ccccc43)C2C1. The Kier molecular flexibility index (Phi) is 6.50. The highest BCUT2D eigenvalue weighted by Crippen LogP contribution is 2.50. The number of carboxylic acid groups (broad SMARTS) is 1. The average Bonchev–Trinajstić information content (AvgIpc) is 3.36. The van der Waals surface area contributed by atoms with Crippen LogP contribution in [0.1, 0.15) is 49.7 Å². The Hall–Kier alpha value is -3.35. The predicted molar refractivity (Wildman–Crippen MR) is 131 cm³/mol. The predicted octanol–water partition coefficient (Wildman–Crippen LogP) is 4.26. The molecular weight excluding hydrogens is 444 g/mol. The van der Waals surface area contributed by atoms with Crippen LogP contribution in [0.5, 0.6) is 0 Å². The second kappa shape index (κ2) is 9.72. The number of nitrogens with one attached hydrogen (secondary N) is 1. The average molecular weight is 477 g/mol. The van der Waals surface area contributed by atoms with Gasteiger partial charge in [0.2, 0.25) is 5.91 Å². The first kappa shape index (κ1) is 23.4. The van der Waals surface area contributed by atoms with E-state index in [9.17, 15) is 14.4 Å². The quantitative estimate of drug-likeness (QED) is 0.593. The van der Waals surface area contributed by atoms with Crippen LogP contribution < -0.4 is 5.32 Å². The monoisotopic (exact) mass is 476 g/mol. The van der Waals surface area contributed by atoms with Gasteiger partial charge >= 0.3 is 12.1 Å². The Morgan fingerprint density at radius 2 is 1.66 bits per heavy atom. The van der Waals surface area contributed by atoms with Crippen molar-refractivity contribution >= 4 is 18.0 Å². The number of amides is 2. The van der Waals surface area contributed by atoms with E-state index in [-0.39, 0.29) is 49.3 Å². The first-order valence-electron chi connectivity index (χ1n) is 12.6. The molecule has 2 aromatic carbocycles. The van der Waals surface area contributed by atoms with Crippen molar-refractivity contribution < 1.29 is 24.2 Å². The molecule has 0 spiro atoms. The number of carbonyl (C=O) groups is 3. The molecule has 2 amide bonds. The fraction of sp³-hybridized carbons (Fsp3) is 0.464. The molecule has 4 atom stereocenters. The number of hydrogen-bond donors (Lipinski definition) is 2. The summed E-state index contributed by atoms with van der Waals surface area (Å²) in [6.07, 6.45) is 1.98. The Morgan fingerprint density at radius 3 is 2.29 bits per heavy atom. The summed E-state index contributed by atoms with van der Waals surface area (Å²) < 4.78 is 5.70. The molecule has 0 bridgehead atoms.